The molecule has 21 rings (SSSR count). The van der Waals surface area contributed by atoms with Crippen molar-refractivity contribution < 1.29 is 0 Å². The number of para-hydroxylation sites is 2. The number of hydrogen-bond acceptors (Lipinski definition) is 2. The maximum Gasteiger partial charge on any atom is 0.333 e. The number of fused-ring (bicyclic) bond motifs is 11. The third-order valence-electron chi connectivity index (χ3n) is 25.6. The molecule has 11 aliphatic rings. The molecule has 4 heteroatoms. The number of nitrogens with zero attached hydrogens (tertiary/aromatic N) is 3. The topological polar surface area (TPSA) is 11.4 Å². The minimum Gasteiger partial charge on any atom is -0.376 e. The van der Waals surface area contributed by atoms with Gasteiger partial charge < -0.3 is 14.3 Å². The van der Waals surface area contributed by atoms with Crippen LogP contribution < -0.4 is 20.6 Å². The van der Waals surface area contributed by atoms with Crippen LogP contribution in [0.1, 0.15) is 93.9 Å². The first-order valence-corrected chi connectivity index (χ1v) is 30.7. The minimum absolute atomic E-state index is 0.0729. The van der Waals surface area contributed by atoms with E-state index in [1.165, 1.54) is 158 Å². The zero-order chi connectivity index (χ0) is 52.0. The highest BCUT2D eigenvalue weighted by Gasteiger charge is 2.87. The van der Waals surface area contributed by atoms with Gasteiger partial charge in [-0.05, 0) is 249 Å². The molecule has 0 N–H and O–H groups in total. The minimum atomic E-state index is -0.169. The van der Waals surface area contributed by atoms with Crippen molar-refractivity contribution in [3.8, 4) is 39.1 Å². The predicted octanol–water partition coefficient (Wildman–Crippen LogP) is 17.2. The lowest BCUT2D eigenvalue weighted by atomic mass is 9.12. The Morgan fingerprint density at radius 2 is 1.14 bits per heavy atom. The van der Waals surface area contributed by atoms with E-state index in [0.717, 1.165) is 46.9 Å². The van der Waals surface area contributed by atoms with Crippen molar-refractivity contribution in [1.29, 1.82) is 0 Å². The number of rotatable bonds is 7. The second kappa shape index (κ2) is 13.9. The fourth-order valence-corrected chi connectivity index (χ4v) is 22.6. The van der Waals surface area contributed by atoms with Gasteiger partial charge in [0.05, 0.1) is 11.0 Å². The Bertz CT molecular complexity index is 4370. The lowest BCUT2D eigenvalue weighted by molar-refractivity contribution is -0.395. The molecule has 0 amide bonds. The standard InChI is InChI=1S/C76H62BN3/c1-72(2)64-21-13-12-20-58(64)59-37-61-62-35-57(78(54-16-8-4-9-17-54)55-18-10-5-11-19-55)36-69-70(62)77(80(68(61)38-65(59)72)56-25-22-45(23-26-56)44-14-6-3-7-15-44)66-34-47(73-39-50-28-48-29-51(40-73)75(48,50)43-73)33-63-60-32-46(24-27-67(60)79(69)71(63)66)74-41-52-30-49-31-53(42-74)76(49,52)74/h3-27,32-38,48-53H,28-31,39-43H2,1-2H3. The van der Waals surface area contributed by atoms with Crippen LogP contribution in [0.2, 0.25) is 0 Å². The number of benzene rings is 9. The molecule has 8 saturated carbocycles. The first kappa shape index (κ1) is 43.3. The van der Waals surface area contributed by atoms with Crippen LogP contribution in [0.15, 0.2) is 194 Å². The molecule has 0 radical (unpaired) electrons. The summed E-state index contributed by atoms with van der Waals surface area (Å²) in [5.41, 5.74) is 28.8. The van der Waals surface area contributed by atoms with Gasteiger partial charge >= 0.3 is 6.85 Å². The maximum atomic E-state index is 2.84. The fourth-order valence-electron chi connectivity index (χ4n) is 22.6. The molecule has 2 aliphatic heterocycles. The molecule has 4 unspecified atom stereocenters. The van der Waals surface area contributed by atoms with Crippen molar-refractivity contribution in [3.63, 3.8) is 0 Å². The van der Waals surface area contributed by atoms with E-state index in [9.17, 15) is 0 Å². The molecule has 9 aliphatic carbocycles. The van der Waals surface area contributed by atoms with Gasteiger partial charge in [-0.15, -0.1) is 0 Å². The van der Waals surface area contributed by atoms with Gasteiger partial charge in [0.2, 0.25) is 0 Å². The highest BCUT2D eigenvalue weighted by molar-refractivity contribution is 6.93. The number of anilines is 5. The Labute approximate surface area is 469 Å². The summed E-state index contributed by atoms with van der Waals surface area (Å²) in [7, 11) is 0. The van der Waals surface area contributed by atoms with E-state index in [0.29, 0.717) is 16.2 Å². The van der Waals surface area contributed by atoms with Crippen molar-refractivity contribution in [3.05, 3.63) is 216 Å². The van der Waals surface area contributed by atoms with E-state index in [2.05, 4.69) is 222 Å². The Morgan fingerprint density at radius 3 is 1.82 bits per heavy atom. The van der Waals surface area contributed by atoms with Gasteiger partial charge in [0.25, 0.3) is 0 Å². The molecular formula is C76H62BN3. The highest BCUT2D eigenvalue weighted by Crippen LogP contribution is 2.93. The quantitative estimate of drug-likeness (QED) is 0.147. The monoisotopic (exact) mass is 1030 g/mol. The zero-order valence-electron chi connectivity index (χ0n) is 45.7. The predicted molar refractivity (Wildman–Crippen MR) is 328 cm³/mol. The van der Waals surface area contributed by atoms with Crippen molar-refractivity contribution >= 4 is 68.0 Å². The molecule has 1 aromatic heterocycles. The summed E-state index contributed by atoms with van der Waals surface area (Å²) in [5, 5.41) is 2.98. The van der Waals surface area contributed by atoms with Crippen molar-refractivity contribution in [2.24, 2.45) is 46.3 Å². The zero-order valence-corrected chi connectivity index (χ0v) is 45.7. The molecule has 384 valence electrons. The Kier molecular flexibility index (Phi) is 7.54. The van der Waals surface area contributed by atoms with Crippen molar-refractivity contribution in [2.45, 2.75) is 87.9 Å². The van der Waals surface area contributed by atoms with E-state index in [1.807, 2.05) is 0 Å². The van der Waals surface area contributed by atoms with Crippen molar-refractivity contribution in [1.82, 2.24) is 4.57 Å². The third-order valence-corrected chi connectivity index (χ3v) is 25.6. The smallest absolute Gasteiger partial charge is 0.333 e. The fraction of sp³-hybridized carbons (Fsp3) is 0.289. The van der Waals surface area contributed by atoms with Crippen LogP contribution in [0.5, 0.6) is 0 Å². The summed E-state index contributed by atoms with van der Waals surface area (Å²) < 4.78 is 2.80. The average molecular weight is 1030 g/mol. The normalized spacial score (nSPS) is 31.2. The summed E-state index contributed by atoms with van der Waals surface area (Å²) in [6.45, 7) is 4.85. The van der Waals surface area contributed by atoms with Crippen molar-refractivity contribution in [2.75, 3.05) is 9.71 Å². The van der Waals surface area contributed by atoms with Gasteiger partial charge in [0, 0.05) is 61.3 Å². The first-order chi connectivity index (χ1) is 39.3. The molecule has 3 heterocycles. The second-order valence-electron chi connectivity index (χ2n) is 28.3. The number of hydrogen-bond donors (Lipinski definition) is 0. The summed E-state index contributed by atoms with van der Waals surface area (Å²) in [5.74, 6) is 5.69. The average Bonchev–Trinajstić information content (AvgIpc) is 2.25. The molecule has 2 spiro atoms. The van der Waals surface area contributed by atoms with Gasteiger partial charge in [0.15, 0.2) is 0 Å². The van der Waals surface area contributed by atoms with E-state index in [-0.39, 0.29) is 17.7 Å². The molecule has 0 saturated heterocycles. The van der Waals surface area contributed by atoms with Gasteiger partial charge in [-0.2, -0.15) is 0 Å². The molecular weight excluding hydrogens is 966 g/mol. The van der Waals surface area contributed by atoms with Crippen LogP contribution in [0.4, 0.5) is 28.4 Å². The largest absolute Gasteiger partial charge is 0.376 e. The Hall–Kier alpha value is -7.56. The summed E-state index contributed by atoms with van der Waals surface area (Å²) >= 11 is 0. The number of aromatic nitrogens is 1. The van der Waals surface area contributed by atoms with Gasteiger partial charge in [-0.1, -0.05) is 129 Å². The summed E-state index contributed by atoms with van der Waals surface area (Å²) in [4.78, 5) is 5.36. The van der Waals surface area contributed by atoms with E-state index >= 15 is 0 Å². The molecule has 8 fully saturated rings. The molecule has 4 atom stereocenters. The molecule has 10 aromatic rings. The highest BCUT2D eigenvalue weighted by atomic mass is 15.2. The van der Waals surface area contributed by atoms with Crippen LogP contribution in [0, 0.1) is 46.3 Å². The van der Waals surface area contributed by atoms with Crippen LogP contribution >= 0.6 is 0 Å². The van der Waals surface area contributed by atoms with Gasteiger partial charge in [-0.3, -0.25) is 0 Å². The van der Waals surface area contributed by atoms with E-state index < -0.39 is 0 Å². The SMILES string of the molecule is CC1(C)c2ccccc2-c2cc3c(cc21)N(c1ccc(-c2ccccc2)cc1)B1c2c-3cc(N(c3ccccc3)c3ccccc3)cc2-n2c3ccc(C45CC6CC7CC(C4)C765)cc3c3cc(C45CC6CC7CC(C4)C76C5)cc1c32. The van der Waals surface area contributed by atoms with Crippen LogP contribution in [0.25, 0.3) is 60.9 Å². The summed E-state index contributed by atoms with van der Waals surface area (Å²) in [6, 6.07) is 76.4. The van der Waals surface area contributed by atoms with Crippen LogP contribution in [-0.2, 0) is 16.2 Å². The second-order valence-corrected chi connectivity index (χ2v) is 28.3. The maximum absolute atomic E-state index is 2.84. The van der Waals surface area contributed by atoms with Gasteiger partial charge in [0.1, 0.15) is 0 Å². The molecule has 2 bridgehead atoms. The van der Waals surface area contributed by atoms with E-state index in [1.54, 1.807) is 11.1 Å². The first-order valence-electron chi connectivity index (χ1n) is 30.7. The summed E-state index contributed by atoms with van der Waals surface area (Å²) in [6.07, 6.45) is 12.9. The lowest BCUT2D eigenvalue weighted by Crippen LogP contribution is -2.87. The molecule has 80 heavy (non-hydrogen) atoms. The molecule has 3 nitrogen and oxygen atoms in total. The lowest BCUT2D eigenvalue weighted by Gasteiger charge is -2.91. The molecule has 9 aromatic carbocycles. The Balaban J connectivity index is 0.890. The van der Waals surface area contributed by atoms with Crippen LogP contribution in [0.3, 0.4) is 0 Å². The van der Waals surface area contributed by atoms with Crippen LogP contribution in [-0.4, -0.2) is 11.4 Å². The van der Waals surface area contributed by atoms with E-state index in [4.69, 9.17) is 0 Å². The Morgan fingerprint density at radius 1 is 0.475 bits per heavy atom. The van der Waals surface area contributed by atoms with Gasteiger partial charge in [-0.25, -0.2) is 0 Å². The third kappa shape index (κ3) is 4.68.